The summed E-state index contributed by atoms with van der Waals surface area (Å²) in [5.74, 6) is -1.52. The zero-order valence-corrected chi connectivity index (χ0v) is 16.7. The van der Waals surface area contributed by atoms with Crippen molar-refractivity contribution >= 4 is 21.9 Å². The molecule has 1 aromatic carbocycles. The van der Waals surface area contributed by atoms with Gasteiger partial charge in [0.1, 0.15) is 5.69 Å². The molecule has 0 fully saturated rings. The molecule has 2 aromatic rings. The van der Waals surface area contributed by atoms with E-state index in [0.717, 1.165) is 18.2 Å². The van der Waals surface area contributed by atoms with Crippen molar-refractivity contribution in [3.8, 4) is 0 Å². The van der Waals surface area contributed by atoms with Gasteiger partial charge in [-0.3, -0.25) is 4.79 Å². The van der Waals surface area contributed by atoms with Crippen molar-refractivity contribution in [3.05, 3.63) is 65.5 Å². The van der Waals surface area contributed by atoms with Crippen molar-refractivity contribution in [1.82, 2.24) is 9.71 Å². The van der Waals surface area contributed by atoms with Crippen LogP contribution in [0.15, 0.2) is 48.7 Å². The van der Waals surface area contributed by atoms with E-state index in [1.54, 1.807) is 13.8 Å². The summed E-state index contributed by atoms with van der Waals surface area (Å²) in [6, 6.07) is 12.4. The predicted octanol–water partition coefficient (Wildman–Crippen LogP) is 2.73. The van der Waals surface area contributed by atoms with E-state index < -0.39 is 21.9 Å². The first-order valence-electron chi connectivity index (χ1n) is 9.02. The zero-order valence-electron chi connectivity index (χ0n) is 15.9. The van der Waals surface area contributed by atoms with Crippen LogP contribution in [0.3, 0.4) is 0 Å². The second-order valence-electron chi connectivity index (χ2n) is 6.58. The van der Waals surface area contributed by atoms with Crippen molar-refractivity contribution in [1.29, 1.82) is 0 Å². The van der Waals surface area contributed by atoms with E-state index in [0.29, 0.717) is 12.8 Å². The number of pyridine rings is 1. The number of unbranched alkanes of at least 4 members (excludes halogenated alkanes) is 1. The van der Waals surface area contributed by atoms with Gasteiger partial charge in [-0.2, -0.15) is 0 Å². The maximum Gasteiger partial charge on any atom is 0.357 e. The quantitative estimate of drug-likeness (QED) is 0.509. The van der Waals surface area contributed by atoms with Gasteiger partial charge in [0.2, 0.25) is 10.0 Å². The Balaban J connectivity index is 1.84. The smallest absolute Gasteiger partial charge is 0.357 e. The fraction of sp³-hybridized carbons (Fsp3) is 0.350. The molecule has 2 rings (SSSR count). The van der Waals surface area contributed by atoms with Gasteiger partial charge in [-0.1, -0.05) is 30.3 Å². The Bertz CT molecular complexity index is 894. The van der Waals surface area contributed by atoms with E-state index in [9.17, 15) is 18.0 Å². The molecule has 1 heterocycles. The third-order valence-electron chi connectivity index (χ3n) is 3.80. The topological polar surface area (TPSA) is 102 Å². The molecule has 0 aliphatic rings. The van der Waals surface area contributed by atoms with Crippen LogP contribution in [0, 0.1) is 0 Å². The number of esters is 1. The minimum atomic E-state index is -3.74. The third kappa shape index (κ3) is 7.11. The number of ether oxygens (including phenoxy) is 1. The summed E-state index contributed by atoms with van der Waals surface area (Å²) in [4.78, 5) is 27.7. The molecule has 7 nitrogen and oxygen atoms in total. The molecule has 28 heavy (non-hydrogen) atoms. The number of rotatable bonds is 9. The SMILES string of the molecule is CC(C)OC(=O)c1ccc(C(=O)NS(=O)(=O)CCCCc2ccccc2)cn1. The lowest BCUT2D eigenvalue weighted by molar-refractivity contribution is 0.0370. The number of sulfonamides is 1. The minimum absolute atomic E-state index is 0.0500. The molecule has 0 saturated heterocycles. The molecule has 150 valence electrons. The van der Waals surface area contributed by atoms with Crippen molar-refractivity contribution in [2.24, 2.45) is 0 Å². The first-order valence-corrected chi connectivity index (χ1v) is 10.7. The van der Waals surface area contributed by atoms with Gasteiger partial charge in [0.25, 0.3) is 5.91 Å². The van der Waals surface area contributed by atoms with Gasteiger partial charge in [-0.05, 0) is 50.8 Å². The fourth-order valence-corrected chi connectivity index (χ4v) is 3.53. The van der Waals surface area contributed by atoms with Crippen LogP contribution in [-0.2, 0) is 21.2 Å². The van der Waals surface area contributed by atoms with Crippen LogP contribution < -0.4 is 4.72 Å². The normalized spacial score (nSPS) is 11.2. The summed E-state index contributed by atoms with van der Waals surface area (Å²) in [6.07, 6.45) is 2.78. The Morgan fingerprint density at radius 1 is 1.07 bits per heavy atom. The van der Waals surface area contributed by atoms with Crippen molar-refractivity contribution < 1.29 is 22.7 Å². The summed E-state index contributed by atoms with van der Waals surface area (Å²) < 4.78 is 31.2. The highest BCUT2D eigenvalue weighted by molar-refractivity contribution is 7.90. The van der Waals surface area contributed by atoms with Gasteiger partial charge in [0, 0.05) is 6.20 Å². The number of hydrogen-bond donors (Lipinski definition) is 1. The van der Waals surface area contributed by atoms with Crippen LogP contribution in [0.2, 0.25) is 0 Å². The number of hydrogen-bond acceptors (Lipinski definition) is 6. The minimum Gasteiger partial charge on any atom is -0.458 e. The standard InChI is InChI=1S/C20H24N2O5S/c1-15(2)27-20(24)18-12-11-17(14-21-18)19(23)22-28(25,26)13-7-6-10-16-8-4-3-5-9-16/h3-5,8-9,11-12,14-15H,6-7,10,13H2,1-2H3,(H,22,23). The van der Waals surface area contributed by atoms with Gasteiger partial charge in [0.15, 0.2) is 0 Å². The molecule has 0 saturated carbocycles. The summed E-state index contributed by atoms with van der Waals surface area (Å²) in [5, 5.41) is 0. The van der Waals surface area contributed by atoms with Crippen LogP contribution in [-0.4, -0.2) is 37.1 Å². The van der Waals surface area contributed by atoms with E-state index in [4.69, 9.17) is 4.74 Å². The highest BCUT2D eigenvalue weighted by Gasteiger charge is 2.17. The molecule has 0 atom stereocenters. The Labute approximate surface area is 165 Å². The van der Waals surface area contributed by atoms with Crippen LogP contribution in [0.25, 0.3) is 0 Å². The molecular weight excluding hydrogens is 380 g/mol. The summed E-state index contributed by atoms with van der Waals surface area (Å²) in [5.41, 5.74) is 1.24. The lowest BCUT2D eigenvalue weighted by Gasteiger charge is -2.09. The van der Waals surface area contributed by atoms with Crippen molar-refractivity contribution in [2.75, 3.05) is 5.75 Å². The fourth-order valence-electron chi connectivity index (χ4n) is 2.44. The molecule has 1 N–H and O–H groups in total. The Kier molecular flexibility index (Phi) is 7.69. The maximum absolute atomic E-state index is 12.1. The number of aryl methyl sites for hydroxylation is 1. The van der Waals surface area contributed by atoms with E-state index in [1.165, 1.54) is 12.1 Å². The van der Waals surface area contributed by atoms with Crippen molar-refractivity contribution in [2.45, 2.75) is 39.2 Å². The predicted molar refractivity (Wildman–Crippen MR) is 105 cm³/mol. The number of carbonyl (C=O) groups is 2. The number of nitrogens with one attached hydrogen (secondary N) is 1. The van der Waals surface area contributed by atoms with Crippen molar-refractivity contribution in [3.63, 3.8) is 0 Å². The van der Waals surface area contributed by atoms with Crippen LogP contribution in [0.1, 0.15) is 53.1 Å². The lowest BCUT2D eigenvalue weighted by Crippen LogP contribution is -2.32. The number of benzene rings is 1. The molecule has 1 amide bonds. The second-order valence-corrected chi connectivity index (χ2v) is 8.42. The molecule has 8 heteroatoms. The van der Waals surface area contributed by atoms with E-state index in [1.807, 2.05) is 35.1 Å². The van der Waals surface area contributed by atoms with Gasteiger partial charge in [0.05, 0.1) is 17.4 Å². The molecule has 1 aromatic heterocycles. The van der Waals surface area contributed by atoms with Crippen LogP contribution >= 0.6 is 0 Å². The molecule has 0 spiro atoms. The highest BCUT2D eigenvalue weighted by Crippen LogP contribution is 2.07. The monoisotopic (exact) mass is 404 g/mol. The first-order chi connectivity index (χ1) is 13.3. The molecule has 0 unspecified atom stereocenters. The number of nitrogens with zero attached hydrogens (tertiary/aromatic N) is 1. The molecule has 0 aliphatic heterocycles. The van der Waals surface area contributed by atoms with E-state index >= 15 is 0 Å². The van der Waals surface area contributed by atoms with Gasteiger partial charge < -0.3 is 4.74 Å². The van der Waals surface area contributed by atoms with Gasteiger partial charge in [-0.15, -0.1) is 0 Å². The number of amides is 1. The number of aromatic nitrogens is 1. The maximum atomic E-state index is 12.1. The Morgan fingerprint density at radius 3 is 2.39 bits per heavy atom. The third-order valence-corrected chi connectivity index (χ3v) is 5.12. The molecule has 0 aliphatic carbocycles. The lowest BCUT2D eigenvalue weighted by atomic mass is 10.1. The van der Waals surface area contributed by atoms with E-state index in [-0.39, 0.29) is 23.1 Å². The average Bonchev–Trinajstić information content (AvgIpc) is 2.65. The summed E-state index contributed by atoms with van der Waals surface area (Å²) in [7, 11) is -3.74. The summed E-state index contributed by atoms with van der Waals surface area (Å²) in [6.45, 7) is 3.43. The highest BCUT2D eigenvalue weighted by atomic mass is 32.2. The van der Waals surface area contributed by atoms with Gasteiger partial charge in [-0.25, -0.2) is 22.9 Å². The van der Waals surface area contributed by atoms with Crippen LogP contribution in [0.4, 0.5) is 0 Å². The average molecular weight is 404 g/mol. The zero-order chi connectivity index (χ0) is 20.6. The number of carbonyl (C=O) groups excluding carboxylic acids is 2. The van der Waals surface area contributed by atoms with E-state index in [2.05, 4.69) is 4.98 Å². The van der Waals surface area contributed by atoms with Gasteiger partial charge >= 0.3 is 5.97 Å². The molecule has 0 radical (unpaired) electrons. The van der Waals surface area contributed by atoms with Crippen LogP contribution in [0.5, 0.6) is 0 Å². The molecule has 0 bridgehead atoms. The Hall–Kier alpha value is -2.74. The Morgan fingerprint density at radius 2 is 1.79 bits per heavy atom. The second kappa shape index (κ2) is 9.98. The first kappa shape index (κ1) is 21.6. The summed E-state index contributed by atoms with van der Waals surface area (Å²) >= 11 is 0. The largest absolute Gasteiger partial charge is 0.458 e. The molecular formula is C20H24N2O5S.